The Morgan fingerprint density at radius 2 is 2.06 bits per heavy atom. The number of aromatic hydroxyl groups is 1. The number of phenolic OH excluding ortho intramolecular Hbond substituents is 1. The number of benzene rings is 1. The van der Waals surface area contributed by atoms with Crippen molar-refractivity contribution in [2.75, 3.05) is 19.8 Å². The summed E-state index contributed by atoms with van der Waals surface area (Å²) in [4.78, 5) is 10.7. The maximum atomic E-state index is 10.7. The van der Waals surface area contributed by atoms with Gasteiger partial charge in [0.1, 0.15) is 18.1 Å². The lowest BCUT2D eigenvalue weighted by atomic mass is 10.1. The third kappa shape index (κ3) is 5.68. The van der Waals surface area contributed by atoms with Gasteiger partial charge in [0.25, 0.3) is 0 Å². The second-order valence-corrected chi connectivity index (χ2v) is 4.19. The summed E-state index contributed by atoms with van der Waals surface area (Å²) < 4.78 is 10.7. The van der Waals surface area contributed by atoms with E-state index in [1.54, 1.807) is 12.1 Å². The summed E-state index contributed by atoms with van der Waals surface area (Å²) in [5.41, 5.74) is 0.935. The molecule has 0 heterocycles. The predicted octanol–water partition coefficient (Wildman–Crippen LogP) is 2.33. The Labute approximate surface area is 108 Å². The van der Waals surface area contributed by atoms with Gasteiger partial charge in [0.15, 0.2) is 5.78 Å². The molecule has 4 nitrogen and oxygen atoms in total. The second-order valence-electron chi connectivity index (χ2n) is 4.19. The molecule has 0 radical (unpaired) electrons. The summed E-state index contributed by atoms with van der Waals surface area (Å²) in [5, 5.41) is 9.56. The molecule has 0 aliphatic heterocycles. The summed E-state index contributed by atoms with van der Waals surface area (Å²) >= 11 is 0. The van der Waals surface area contributed by atoms with Crippen molar-refractivity contribution in [2.24, 2.45) is 0 Å². The molecule has 0 amide bonds. The van der Waals surface area contributed by atoms with Gasteiger partial charge in [-0.2, -0.15) is 0 Å². The molecule has 100 valence electrons. The van der Waals surface area contributed by atoms with Crippen LogP contribution in [0, 0.1) is 0 Å². The van der Waals surface area contributed by atoms with Gasteiger partial charge in [0, 0.05) is 6.07 Å². The van der Waals surface area contributed by atoms with Gasteiger partial charge < -0.3 is 14.6 Å². The molecule has 1 N–H and O–H groups in total. The second kappa shape index (κ2) is 7.71. The average Bonchev–Trinajstić information content (AvgIpc) is 2.31. The van der Waals surface area contributed by atoms with Crippen molar-refractivity contribution in [2.45, 2.75) is 26.7 Å². The van der Waals surface area contributed by atoms with Crippen LogP contribution < -0.4 is 4.74 Å². The Balaban J connectivity index is 2.48. The van der Waals surface area contributed by atoms with Crippen molar-refractivity contribution in [1.82, 2.24) is 0 Å². The van der Waals surface area contributed by atoms with Gasteiger partial charge in [-0.15, -0.1) is 0 Å². The SMILES string of the molecule is CCCOc1cc(O)cc(CCOCC(C)=O)c1. The van der Waals surface area contributed by atoms with Crippen LogP contribution in [-0.2, 0) is 16.0 Å². The molecule has 18 heavy (non-hydrogen) atoms. The lowest BCUT2D eigenvalue weighted by Gasteiger charge is -2.08. The molecule has 1 aromatic carbocycles. The largest absolute Gasteiger partial charge is 0.508 e. The number of carbonyl (C=O) groups is 1. The summed E-state index contributed by atoms with van der Waals surface area (Å²) in [6.07, 6.45) is 1.57. The Morgan fingerprint density at radius 3 is 2.72 bits per heavy atom. The van der Waals surface area contributed by atoms with Gasteiger partial charge >= 0.3 is 0 Å². The van der Waals surface area contributed by atoms with Crippen LogP contribution in [0.4, 0.5) is 0 Å². The number of carbonyl (C=O) groups excluding carboxylic acids is 1. The highest BCUT2D eigenvalue weighted by Gasteiger charge is 2.02. The van der Waals surface area contributed by atoms with Gasteiger partial charge in [0.2, 0.25) is 0 Å². The van der Waals surface area contributed by atoms with Crippen LogP contribution in [0.25, 0.3) is 0 Å². The summed E-state index contributed by atoms with van der Waals surface area (Å²) in [7, 11) is 0. The number of ketones is 1. The topological polar surface area (TPSA) is 55.8 Å². The lowest BCUT2D eigenvalue weighted by molar-refractivity contribution is -0.121. The monoisotopic (exact) mass is 252 g/mol. The van der Waals surface area contributed by atoms with Gasteiger partial charge in [-0.1, -0.05) is 6.92 Å². The number of rotatable bonds is 8. The van der Waals surface area contributed by atoms with E-state index in [1.807, 2.05) is 13.0 Å². The minimum absolute atomic E-state index is 0.0119. The molecule has 0 spiro atoms. The van der Waals surface area contributed by atoms with Crippen LogP contribution in [0.1, 0.15) is 25.8 Å². The zero-order valence-electron chi connectivity index (χ0n) is 10.9. The van der Waals surface area contributed by atoms with Crippen LogP contribution in [0.5, 0.6) is 11.5 Å². The quantitative estimate of drug-likeness (QED) is 0.721. The van der Waals surface area contributed by atoms with Gasteiger partial charge in [-0.3, -0.25) is 4.79 Å². The molecule has 0 unspecified atom stereocenters. The fraction of sp³-hybridized carbons (Fsp3) is 0.500. The van der Waals surface area contributed by atoms with Gasteiger partial charge in [-0.25, -0.2) is 0 Å². The van der Waals surface area contributed by atoms with E-state index in [4.69, 9.17) is 9.47 Å². The number of hydrogen-bond donors (Lipinski definition) is 1. The summed E-state index contributed by atoms with van der Waals surface area (Å²) in [6.45, 7) is 4.74. The van der Waals surface area contributed by atoms with Crippen LogP contribution in [-0.4, -0.2) is 30.7 Å². The molecule has 0 saturated carbocycles. The smallest absolute Gasteiger partial charge is 0.155 e. The number of Topliss-reactive ketones (excluding diaryl/α,β-unsaturated/α-hetero) is 1. The molecular formula is C14H20O4. The molecule has 0 aromatic heterocycles. The van der Waals surface area contributed by atoms with Crippen molar-refractivity contribution in [3.05, 3.63) is 23.8 Å². The standard InChI is InChI=1S/C14H20O4/c1-3-5-18-14-8-12(7-13(16)9-14)4-6-17-10-11(2)15/h7-9,16H,3-6,10H2,1-2H3. The van der Waals surface area contributed by atoms with E-state index in [9.17, 15) is 9.90 Å². The van der Waals surface area contributed by atoms with E-state index >= 15 is 0 Å². The van der Waals surface area contributed by atoms with Gasteiger partial charge in [-0.05, 0) is 37.5 Å². The van der Waals surface area contributed by atoms with Crippen molar-refractivity contribution in [1.29, 1.82) is 0 Å². The van der Waals surface area contributed by atoms with Crippen molar-refractivity contribution in [3.8, 4) is 11.5 Å². The predicted molar refractivity (Wildman–Crippen MR) is 69.1 cm³/mol. The number of phenols is 1. The first kappa shape index (κ1) is 14.5. The molecule has 0 saturated heterocycles. The Bertz CT molecular complexity index is 387. The Hall–Kier alpha value is -1.55. The van der Waals surface area contributed by atoms with Crippen LogP contribution in [0.15, 0.2) is 18.2 Å². The minimum atomic E-state index is 0.0119. The van der Waals surface area contributed by atoms with E-state index in [0.717, 1.165) is 12.0 Å². The molecular weight excluding hydrogens is 232 g/mol. The van der Waals surface area contributed by atoms with E-state index in [0.29, 0.717) is 25.4 Å². The summed E-state index contributed by atoms with van der Waals surface area (Å²) in [6, 6.07) is 5.15. The highest BCUT2D eigenvalue weighted by Crippen LogP contribution is 2.22. The molecule has 1 aromatic rings. The van der Waals surface area contributed by atoms with E-state index < -0.39 is 0 Å². The first-order valence-electron chi connectivity index (χ1n) is 6.14. The van der Waals surface area contributed by atoms with Crippen molar-refractivity contribution < 1.29 is 19.4 Å². The Kier molecular flexibility index (Phi) is 6.22. The molecule has 1 rings (SSSR count). The molecule has 0 bridgehead atoms. The number of ether oxygens (including phenoxy) is 2. The summed E-state index contributed by atoms with van der Waals surface area (Å²) in [5.74, 6) is 0.862. The third-order valence-corrected chi connectivity index (χ3v) is 2.26. The fourth-order valence-corrected chi connectivity index (χ4v) is 1.50. The van der Waals surface area contributed by atoms with Crippen molar-refractivity contribution >= 4 is 5.78 Å². The minimum Gasteiger partial charge on any atom is -0.508 e. The highest BCUT2D eigenvalue weighted by atomic mass is 16.5. The van der Waals surface area contributed by atoms with Crippen LogP contribution in [0.2, 0.25) is 0 Å². The molecule has 0 aliphatic rings. The molecule has 4 heteroatoms. The zero-order chi connectivity index (χ0) is 13.4. The maximum Gasteiger partial charge on any atom is 0.155 e. The molecule has 0 fully saturated rings. The van der Waals surface area contributed by atoms with Gasteiger partial charge in [0.05, 0.1) is 13.2 Å². The maximum absolute atomic E-state index is 10.7. The van der Waals surface area contributed by atoms with Crippen molar-refractivity contribution in [3.63, 3.8) is 0 Å². The highest BCUT2D eigenvalue weighted by molar-refractivity contribution is 5.76. The molecule has 0 aliphatic carbocycles. The zero-order valence-corrected chi connectivity index (χ0v) is 10.9. The third-order valence-electron chi connectivity index (χ3n) is 2.26. The first-order valence-corrected chi connectivity index (χ1v) is 6.14. The fourth-order valence-electron chi connectivity index (χ4n) is 1.50. The Morgan fingerprint density at radius 1 is 1.28 bits per heavy atom. The lowest BCUT2D eigenvalue weighted by Crippen LogP contribution is -2.06. The number of hydrogen-bond acceptors (Lipinski definition) is 4. The first-order chi connectivity index (χ1) is 8.61. The van der Waals surface area contributed by atoms with E-state index in [1.165, 1.54) is 6.92 Å². The van der Waals surface area contributed by atoms with E-state index in [-0.39, 0.29) is 18.1 Å². The van der Waals surface area contributed by atoms with E-state index in [2.05, 4.69) is 0 Å². The van der Waals surface area contributed by atoms with Crippen LogP contribution >= 0.6 is 0 Å². The normalized spacial score (nSPS) is 10.3. The molecule has 0 atom stereocenters. The van der Waals surface area contributed by atoms with Crippen LogP contribution in [0.3, 0.4) is 0 Å². The average molecular weight is 252 g/mol.